The van der Waals surface area contributed by atoms with Gasteiger partial charge in [-0.1, -0.05) is 37.6 Å². The standard InChI is InChI=1S/C32H33ClN4O7/c1-7-42-28-12-20(6)25(15-24(28)18(2)3)31-35-26-11-9-8-10-23(26)32(39)36(31)34-16-21-13-22(33)14-27(37(40)41)30(21)43-17-29(38)44-19(4)5/h8-16,18-19H,7,17H2,1-6H3. The number of aromatic nitrogens is 2. The molecular weight excluding hydrogens is 588 g/mol. The van der Waals surface area contributed by atoms with Gasteiger partial charge in [0.15, 0.2) is 12.4 Å². The molecule has 0 fully saturated rings. The Hall–Kier alpha value is -4.77. The highest BCUT2D eigenvalue weighted by Crippen LogP contribution is 2.36. The first-order valence-electron chi connectivity index (χ1n) is 14.0. The predicted molar refractivity (Wildman–Crippen MR) is 169 cm³/mol. The smallest absolute Gasteiger partial charge is 0.344 e. The zero-order valence-electron chi connectivity index (χ0n) is 25.3. The van der Waals surface area contributed by atoms with Crippen molar-refractivity contribution in [1.82, 2.24) is 9.66 Å². The number of esters is 1. The number of aryl methyl sites for hydroxylation is 1. The van der Waals surface area contributed by atoms with Gasteiger partial charge in [0, 0.05) is 22.2 Å². The summed E-state index contributed by atoms with van der Waals surface area (Å²) in [5.74, 6) is 0.134. The van der Waals surface area contributed by atoms with Gasteiger partial charge < -0.3 is 14.2 Å². The fourth-order valence-electron chi connectivity index (χ4n) is 4.61. The maximum Gasteiger partial charge on any atom is 0.344 e. The van der Waals surface area contributed by atoms with Gasteiger partial charge in [-0.25, -0.2) is 9.78 Å². The molecule has 0 spiro atoms. The van der Waals surface area contributed by atoms with E-state index in [1.807, 2.05) is 39.8 Å². The van der Waals surface area contributed by atoms with Crippen LogP contribution in [0.5, 0.6) is 11.5 Å². The molecule has 230 valence electrons. The number of hydrogen-bond donors (Lipinski definition) is 0. The molecule has 0 aliphatic heterocycles. The van der Waals surface area contributed by atoms with E-state index in [-0.39, 0.29) is 28.1 Å². The monoisotopic (exact) mass is 620 g/mol. The molecule has 0 bridgehead atoms. The third kappa shape index (κ3) is 7.05. The predicted octanol–water partition coefficient (Wildman–Crippen LogP) is 6.67. The van der Waals surface area contributed by atoms with Crippen LogP contribution in [-0.2, 0) is 9.53 Å². The number of nitro groups is 1. The van der Waals surface area contributed by atoms with Crippen molar-refractivity contribution < 1.29 is 23.9 Å². The molecule has 11 nitrogen and oxygen atoms in total. The lowest BCUT2D eigenvalue weighted by atomic mass is 9.96. The molecule has 1 heterocycles. The van der Waals surface area contributed by atoms with Crippen LogP contribution in [-0.4, -0.2) is 46.1 Å². The van der Waals surface area contributed by atoms with E-state index >= 15 is 0 Å². The summed E-state index contributed by atoms with van der Waals surface area (Å²) in [6.07, 6.45) is 0.816. The molecular formula is C32H33ClN4O7. The minimum absolute atomic E-state index is 0.0309. The van der Waals surface area contributed by atoms with Crippen LogP contribution in [0, 0.1) is 17.0 Å². The number of rotatable bonds is 11. The highest BCUT2D eigenvalue weighted by molar-refractivity contribution is 6.31. The van der Waals surface area contributed by atoms with Crippen molar-refractivity contribution >= 4 is 40.4 Å². The van der Waals surface area contributed by atoms with Crippen molar-refractivity contribution in [2.24, 2.45) is 5.10 Å². The maximum absolute atomic E-state index is 13.8. The van der Waals surface area contributed by atoms with E-state index in [0.717, 1.165) is 27.6 Å². The quantitative estimate of drug-likeness (QED) is 0.0785. The summed E-state index contributed by atoms with van der Waals surface area (Å²) in [5, 5.41) is 16.7. The number of nitro benzene ring substituents is 1. The number of hydrogen-bond acceptors (Lipinski definition) is 9. The molecule has 0 unspecified atom stereocenters. The van der Waals surface area contributed by atoms with Crippen LogP contribution in [0.4, 0.5) is 5.69 Å². The number of benzene rings is 3. The second-order valence-electron chi connectivity index (χ2n) is 10.5. The Kier molecular flexibility index (Phi) is 10.00. The Bertz CT molecular complexity index is 1820. The zero-order valence-corrected chi connectivity index (χ0v) is 26.0. The first-order chi connectivity index (χ1) is 20.9. The molecule has 0 aliphatic rings. The molecule has 4 rings (SSSR count). The van der Waals surface area contributed by atoms with Crippen LogP contribution < -0.4 is 15.0 Å². The lowest BCUT2D eigenvalue weighted by Crippen LogP contribution is -2.21. The summed E-state index contributed by atoms with van der Waals surface area (Å²) in [6.45, 7) is 11.1. The largest absolute Gasteiger partial charge is 0.494 e. The van der Waals surface area contributed by atoms with Gasteiger partial charge in [0.1, 0.15) is 5.75 Å². The maximum atomic E-state index is 13.8. The lowest BCUT2D eigenvalue weighted by molar-refractivity contribution is -0.385. The van der Waals surface area contributed by atoms with Crippen LogP contribution >= 0.6 is 11.6 Å². The molecule has 0 saturated heterocycles. The highest BCUT2D eigenvalue weighted by Gasteiger charge is 2.23. The number of halogens is 1. The molecule has 3 aromatic carbocycles. The van der Waals surface area contributed by atoms with Gasteiger partial charge in [-0.2, -0.15) is 9.78 Å². The number of para-hydroxylation sites is 1. The Balaban J connectivity index is 1.93. The summed E-state index contributed by atoms with van der Waals surface area (Å²) in [6, 6.07) is 13.2. The normalized spacial score (nSPS) is 11.5. The van der Waals surface area contributed by atoms with E-state index in [4.69, 9.17) is 30.8 Å². The summed E-state index contributed by atoms with van der Waals surface area (Å²) in [5.41, 5.74) is 1.99. The molecule has 0 radical (unpaired) electrons. The number of fused-ring (bicyclic) bond motifs is 1. The Morgan fingerprint density at radius 3 is 2.52 bits per heavy atom. The average Bonchev–Trinajstić information content (AvgIpc) is 2.95. The highest BCUT2D eigenvalue weighted by atomic mass is 35.5. The topological polar surface area (TPSA) is 135 Å². The zero-order chi connectivity index (χ0) is 32.1. The van der Waals surface area contributed by atoms with E-state index in [9.17, 15) is 19.7 Å². The number of ether oxygens (including phenoxy) is 3. The van der Waals surface area contributed by atoms with Gasteiger partial charge in [-0.15, -0.1) is 0 Å². The summed E-state index contributed by atoms with van der Waals surface area (Å²) in [4.78, 5) is 42.0. The van der Waals surface area contributed by atoms with Gasteiger partial charge in [0.2, 0.25) is 5.75 Å². The first kappa shape index (κ1) is 32.2. The first-order valence-corrected chi connectivity index (χ1v) is 14.4. The molecule has 4 aromatic rings. The fraction of sp³-hybridized carbons (Fsp3) is 0.312. The van der Waals surface area contributed by atoms with E-state index in [1.165, 1.54) is 12.3 Å². The van der Waals surface area contributed by atoms with Gasteiger partial charge in [0.05, 0.1) is 34.8 Å². The van der Waals surface area contributed by atoms with Crippen LogP contribution in [0.3, 0.4) is 0 Å². The van der Waals surface area contributed by atoms with Gasteiger partial charge in [-0.3, -0.25) is 14.9 Å². The molecule has 0 atom stereocenters. The van der Waals surface area contributed by atoms with Crippen molar-refractivity contribution in [3.8, 4) is 22.9 Å². The molecule has 12 heteroatoms. The van der Waals surface area contributed by atoms with Crippen LogP contribution in [0.15, 0.2) is 58.4 Å². The van der Waals surface area contributed by atoms with E-state index in [1.54, 1.807) is 38.1 Å². The summed E-state index contributed by atoms with van der Waals surface area (Å²) in [7, 11) is 0. The van der Waals surface area contributed by atoms with Gasteiger partial charge in [-0.05, 0) is 75.1 Å². The third-order valence-electron chi connectivity index (χ3n) is 6.55. The second-order valence-corrected chi connectivity index (χ2v) is 11.0. The minimum Gasteiger partial charge on any atom is -0.494 e. The Morgan fingerprint density at radius 2 is 1.86 bits per heavy atom. The third-order valence-corrected chi connectivity index (χ3v) is 6.76. The Morgan fingerprint density at radius 1 is 1.14 bits per heavy atom. The van der Waals surface area contributed by atoms with Gasteiger partial charge >= 0.3 is 11.7 Å². The molecule has 1 aromatic heterocycles. The Labute approximate surface area is 259 Å². The molecule has 44 heavy (non-hydrogen) atoms. The summed E-state index contributed by atoms with van der Waals surface area (Å²) < 4.78 is 17.7. The van der Waals surface area contributed by atoms with Crippen molar-refractivity contribution in [2.45, 2.75) is 53.6 Å². The molecule has 0 aliphatic carbocycles. The number of carbonyl (C=O) groups excluding carboxylic acids is 1. The minimum atomic E-state index is -0.712. The van der Waals surface area contributed by atoms with Crippen LogP contribution in [0.25, 0.3) is 22.3 Å². The van der Waals surface area contributed by atoms with Crippen LogP contribution in [0.2, 0.25) is 5.02 Å². The van der Waals surface area contributed by atoms with Crippen LogP contribution in [0.1, 0.15) is 57.2 Å². The van der Waals surface area contributed by atoms with E-state index in [2.05, 4.69) is 5.10 Å². The SMILES string of the molecule is CCOc1cc(C)c(-c2nc3ccccc3c(=O)n2N=Cc2cc(Cl)cc([N+](=O)[O-])c2OCC(=O)OC(C)C)cc1C(C)C. The lowest BCUT2D eigenvalue weighted by Gasteiger charge is -2.18. The van der Waals surface area contributed by atoms with E-state index in [0.29, 0.717) is 23.1 Å². The molecule has 0 saturated carbocycles. The van der Waals surface area contributed by atoms with Crippen molar-refractivity contribution in [3.63, 3.8) is 0 Å². The van der Waals surface area contributed by atoms with Gasteiger partial charge in [0.25, 0.3) is 5.56 Å². The average molecular weight is 621 g/mol. The van der Waals surface area contributed by atoms with E-state index < -0.39 is 34.9 Å². The van der Waals surface area contributed by atoms with Crippen molar-refractivity contribution in [2.75, 3.05) is 13.2 Å². The number of carbonyl (C=O) groups is 1. The second kappa shape index (κ2) is 13.7. The van der Waals surface area contributed by atoms with Crippen molar-refractivity contribution in [1.29, 1.82) is 0 Å². The molecule has 0 N–H and O–H groups in total. The summed E-state index contributed by atoms with van der Waals surface area (Å²) >= 11 is 6.22. The fourth-order valence-corrected chi connectivity index (χ4v) is 4.83. The van der Waals surface area contributed by atoms with Crippen molar-refractivity contribution in [3.05, 3.63) is 90.7 Å². The number of nitrogens with zero attached hydrogens (tertiary/aromatic N) is 4. The molecule has 0 amide bonds.